The van der Waals surface area contributed by atoms with Gasteiger partial charge >= 0.3 is 6.03 Å². The summed E-state index contributed by atoms with van der Waals surface area (Å²) in [6.07, 6.45) is 1.73. The number of urea groups is 1. The van der Waals surface area contributed by atoms with Crippen molar-refractivity contribution >= 4 is 17.8 Å². The van der Waals surface area contributed by atoms with E-state index < -0.39 is 12.2 Å². The smallest absolute Gasteiger partial charge is 0.334 e. The maximum absolute atomic E-state index is 13.5. The molecular weight excluding hydrogens is 470 g/mol. The standard InChI is InChI=1S/C28H37N5O4/c1-3-4-15-24-27(35)31(16-17-37-21-23-13-9-6-10-14-23)19-25-32(24)26(34)20-30(2)33(25)28(36)29-18-22-11-7-5-8-12-22/h5-14,24-25H,3-4,15-21H2,1-2H3,(H,29,36)/t24-,25-/m0/s1. The average molecular weight is 508 g/mol. The van der Waals surface area contributed by atoms with Crippen LogP contribution in [0.3, 0.4) is 0 Å². The van der Waals surface area contributed by atoms with Gasteiger partial charge in [0.05, 0.1) is 26.3 Å². The molecule has 37 heavy (non-hydrogen) atoms. The summed E-state index contributed by atoms with van der Waals surface area (Å²) in [4.78, 5) is 43.4. The summed E-state index contributed by atoms with van der Waals surface area (Å²) in [5.41, 5.74) is 2.06. The molecule has 2 aliphatic rings. The Hall–Kier alpha value is -3.43. The van der Waals surface area contributed by atoms with Gasteiger partial charge in [0.2, 0.25) is 11.8 Å². The van der Waals surface area contributed by atoms with Crippen LogP contribution in [-0.4, -0.2) is 83.2 Å². The number of carbonyl (C=O) groups excluding carboxylic acids is 3. The third-order valence-electron chi connectivity index (χ3n) is 6.88. The Morgan fingerprint density at radius 2 is 1.70 bits per heavy atom. The Labute approximate surface area is 218 Å². The maximum atomic E-state index is 13.5. The minimum atomic E-state index is -0.585. The summed E-state index contributed by atoms with van der Waals surface area (Å²) in [5, 5.41) is 6.22. The maximum Gasteiger partial charge on any atom is 0.334 e. The molecular formula is C28H37N5O4. The van der Waals surface area contributed by atoms with Gasteiger partial charge in [0.25, 0.3) is 0 Å². The van der Waals surface area contributed by atoms with Crippen molar-refractivity contribution in [3.8, 4) is 0 Å². The van der Waals surface area contributed by atoms with Gasteiger partial charge in [0.1, 0.15) is 12.2 Å². The molecule has 0 bridgehead atoms. The number of unbranched alkanes of at least 4 members (excludes halogenated alkanes) is 1. The van der Waals surface area contributed by atoms with Crippen molar-refractivity contribution < 1.29 is 19.1 Å². The number of ether oxygens (including phenoxy) is 1. The van der Waals surface area contributed by atoms with Crippen LogP contribution >= 0.6 is 0 Å². The lowest BCUT2D eigenvalue weighted by molar-refractivity contribution is -0.188. The molecule has 2 heterocycles. The second-order valence-electron chi connectivity index (χ2n) is 9.57. The molecule has 0 saturated carbocycles. The predicted molar refractivity (Wildman–Crippen MR) is 140 cm³/mol. The number of fused-ring (bicyclic) bond motifs is 1. The number of nitrogens with zero attached hydrogens (tertiary/aromatic N) is 4. The number of rotatable bonds is 10. The molecule has 0 unspecified atom stereocenters. The fourth-order valence-corrected chi connectivity index (χ4v) is 4.97. The fraction of sp³-hybridized carbons (Fsp3) is 0.464. The molecule has 2 aromatic carbocycles. The number of amides is 4. The number of hydrazine groups is 1. The minimum Gasteiger partial charge on any atom is -0.375 e. The molecule has 9 heteroatoms. The quantitative estimate of drug-likeness (QED) is 0.500. The first kappa shape index (κ1) is 26.6. The van der Waals surface area contributed by atoms with Crippen molar-refractivity contribution in [1.82, 2.24) is 25.1 Å². The molecule has 2 aliphatic heterocycles. The minimum absolute atomic E-state index is 0.0470. The van der Waals surface area contributed by atoms with Gasteiger partial charge in [-0.15, -0.1) is 0 Å². The van der Waals surface area contributed by atoms with E-state index in [0.717, 1.165) is 24.0 Å². The zero-order valence-corrected chi connectivity index (χ0v) is 21.7. The lowest BCUT2D eigenvalue weighted by Gasteiger charge is -2.54. The number of hydrogen-bond acceptors (Lipinski definition) is 5. The summed E-state index contributed by atoms with van der Waals surface area (Å²) in [6, 6.07) is 18.7. The van der Waals surface area contributed by atoms with Crippen molar-refractivity contribution in [1.29, 1.82) is 0 Å². The molecule has 2 aromatic rings. The molecule has 0 aliphatic carbocycles. The monoisotopic (exact) mass is 507 g/mol. The number of nitrogens with one attached hydrogen (secondary N) is 1. The molecule has 4 amide bonds. The van der Waals surface area contributed by atoms with Gasteiger partial charge in [-0.25, -0.2) is 14.8 Å². The van der Waals surface area contributed by atoms with Gasteiger partial charge in [0, 0.05) is 20.1 Å². The average Bonchev–Trinajstić information content (AvgIpc) is 2.91. The number of likely N-dealkylation sites (N-methyl/N-ethyl adjacent to an activating group) is 1. The summed E-state index contributed by atoms with van der Waals surface area (Å²) < 4.78 is 5.85. The van der Waals surface area contributed by atoms with Crippen molar-refractivity contribution in [3.63, 3.8) is 0 Å². The van der Waals surface area contributed by atoms with Crippen molar-refractivity contribution in [2.24, 2.45) is 0 Å². The van der Waals surface area contributed by atoms with Crippen LogP contribution in [0.1, 0.15) is 37.3 Å². The molecule has 4 rings (SSSR count). The van der Waals surface area contributed by atoms with Gasteiger partial charge in [-0.1, -0.05) is 80.4 Å². The van der Waals surface area contributed by atoms with Crippen LogP contribution in [0.5, 0.6) is 0 Å². The molecule has 1 N–H and O–H groups in total. The Morgan fingerprint density at radius 1 is 1.03 bits per heavy atom. The fourth-order valence-electron chi connectivity index (χ4n) is 4.97. The molecule has 0 radical (unpaired) electrons. The third-order valence-corrected chi connectivity index (χ3v) is 6.88. The first-order valence-corrected chi connectivity index (χ1v) is 13.0. The highest BCUT2D eigenvalue weighted by Gasteiger charge is 2.50. The second kappa shape index (κ2) is 12.7. The molecule has 2 atom stereocenters. The van der Waals surface area contributed by atoms with Gasteiger partial charge in [0.15, 0.2) is 0 Å². The largest absolute Gasteiger partial charge is 0.375 e. The van der Waals surface area contributed by atoms with Gasteiger partial charge < -0.3 is 19.9 Å². The highest BCUT2D eigenvalue weighted by molar-refractivity contribution is 5.91. The van der Waals surface area contributed by atoms with E-state index in [-0.39, 0.29) is 30.9 Å². The summed E-state index contributed by atoms with van der Waals surface area (Å²) in [6.45, 7) is 3.96. The van der Waals surface area contributed by atoms with E-state index in [0.29, 0.717) is 32.7 Å². The van der Waals surface area contributed by atoms with Crippen LogP contribution in [0, 0.1) is 0 Å². The van der Waals surface area contributed by atoms with E-state index in [1.807, 2.05) is 60.7 Å². The number of hydrogen-bond donors (Lipinski definition) is 1. The van der Waals surface area contributed by atoms with E-state index in [4.69, 9.17) is 4.74 Å². The Kier molecular flexibility index (Phi) is 9.14. The van der Waals surface area contributed by atoms with Crippen molar-refractivity contribution in [2.45, 2.75) is 51.5 Å². The molecule has 0 aromatic heterocycles. The van der Waals surface area contributed by atoms with Crippen molar-refractivity contribution in [2.75, 3.05) is 33.3 Å². The van der Waals surface area contributed by atoms with E-state index >= 15 is 0 Å². The second-order valence-corrected chi connectivity index (χ2v) is 9.57. The summed E-state index contributed by atoms with van der Waals surface area (Å²) in [5.74, 6) is -0.204. The molecule has 2 fully saturated rings. The zero-order valence-electron chi connectivity index (χ0n) is 21.7. The first-order valence-electron chi connectivity index (χ1n) is 13.0. The number of piperazine rings is 1. The van der Waals surface area contributed by atoms with E-state index in [1.54, 1.807) is 26.9 Å². The van der Waals surface area contributed by atoms with Crippen LogP contribution in [-0.2, 0) is 27.5 Å². The molecule has 0 spiro atoms. The highest BCUT2D eigenvalue weighted by Crippen LogP contribution is 2.28. The Bertz CT molecular complexity index is 1050. The van der Waals surface area contributed by atoms with Gasteiger partial charge in [-0.3, -0.25) is 9.59 Å². The molecule has 198 valence electrons. The topological polar surface area (TPSA) is 85.4 Å². The molecule has 9 nitrogen and oxygen atoms in total. The Balaban J connectivity index is 1.47. The Morgan fingerprint density at radius 3 is 2.38 bits per heavy atom. The predicted octanol–water partition coefficient (Wildman–Crippen LogP) is 2.83. The van der Waals surface area contributed by atoms with Crippen LogP contribution in [0.25, 0.3) is 0 Å². The highest BCUT2D eigenvalue weighted by atomic mass is 16.5. The van der Waals surface area contributed by atoms with Gasteiger partial charge in [-0.05, 0) is 17.5 Å². The van der Waals surface area contributed by atoms with Gasteiger partial charge in [-0.2, -0.15) is 0 Å². The lowest BCUT2D eigenvalue weighted by Crippen LogP contribution is -2.76. The van der Waals surface area contributed by atoms with E-state index in [2.05, 4.69) is 12.2 Å². The summed E-state index contributed by atoms with van der Waals surface area (Å²) >= 11 is 0. The van der Waals surface area contributed by atoms with E-state index in [9.17, 15) is 14.4 Å². The van der Waals surface area contributed by atoms with Crippen LogP contribution in [0.15, 0.2) is 60.7 Å². The van der Waals surface area contributed by atoms with Crippen molar-refractivity contribution in [3.05, 3.63) is 71.8 Å². The number of benzene rings is 2. The number of carbonyl (C=O) groups is 3. The first-order chi connectivity index (χ1) is 18.0. The lowest BCUT2D eigenvalue weighted by atomic mass is 10.0. The normalized spacial score (nSPS) is 20.2. The van der Waals surface area contributed by atoms with Crippen LogP contribution in [0.4, 0.5) is 4.79 Å². The summed E-state index contributed by atoms with van der Waals surface area (Å²) in [7, 11) is 1.74. The van der Waals surface area contributed by atoms with Crippen LogP contribution < -0.4 is 5.32 Å². The van der Waals surface area contributed by atoms with E-state index in [1.165, 1.54) is 0 Å². The molecule has 2 saturated heterocycles. The third kappa shape index (κ3) is 6.47. The van der Waals surface area contributed by atoms with Crippen LogP contribution in [0.2, 0.25) is 0 Å². The SMILES string of the molecule is CCCC[C@H]1C(=O)N(CCOCc2ccccc2)C[C@H]2N1C(=O)CN(C)N2C(=O)NCc1ccccc1. The zero-order chi connectivity index (χ0) is 26.2.